The van der Waals surface area contributed by atoms with Crippen molar-refractivity contribution in [3.8, 4) is 11.8 Å². The number of nitrogens with zero attached hydrogens (tertiary/aromatic N) is 3. The average molecular weight is 398 g/mol. The molecule has 1 aliphatic heterocycles. The van der Waals surface area contributed by atoms with Crippen LogP contribution in [0, 0.1) is 23.7 Å². The molecule has 0 bridgehead atoms. The van der Waals surface area contributed by atoms with Gasteiger partial charge in [0.2, 0.25) is 5.91 Å². The Morgan fingerprint density at radius 3 is 2.66 bits per heavy atom. The minimum Gasteiger partial charge on any atom is -0.480 e. The number of imide groups is 1. The van der Waals surface area contributed by atoms with E-state index >= 15 is 0 Å². The van der Waals surface area contributed by atoms with Crippen molar-refractivity contribution in [2.24, 2.45) is 11.8 Å². The zero-order chi connectivity index (χ0) is 21.1. The van der Waals surface area contributed by atoms with Gasteiger partial charge in [0.05, 0.1) is 0 Å². The first kappa shape index (κ1) is 20.6. The van der Waals surface area contributed by atoms with E-state index in [1.807, 2.05) is 6.92 Å². The van der Waals surface area contributed by atoms with E-state index in [-0.39, 0.29) is 11.9 Å². The molecule has 0 spiro atoms. The summed E-state index contributed by atoms with van der Waals surface area (Å²) in [7, 11) is 1.63. The maximum Gasteiger partial charge on any atom is 0.328 e. The molecule has 3 amide bonds. The van der Waals surface area contributed by atoms with Crippen LogP contribution in [0.25, 0.3) is 0 Å². The van der Waals surface area contributed by atoms with Crippen molar-refractivity contribution in [2.45, 2.75) is 51.1 Å². The minimum absolute atomic E-state index is 0.0602. The third kappa shape index (κ3) is 4.19. The van der Waals surface area contributed by atoms with Gasteiger partial charge in [-0.2, -0.15) is 0 Å². The van der Waals surface area contributed by atoms with Crippen LogP contribution in [0.3, 0.4) is 0 Å². The number of amides is 3. The van der Waals surface area contributed by atoms with Crippen LogP contribution in [0.5, 0.6) is 0 Å². The number of aliphatic carboxylic acids is 1. The number of rotatable bonds is 3. The molecule has 8 nitrogen and oxygen atoms in total. The predicted molar refractivity (Wildman–Crippen MR) is 106 cm³/mol. The number of pyridine rings is 1. The molecule has 3 rings (SSSR count). The minimum atomic E-state index is -1.29. The highest BCUT2D eigenvalue weighted by molar-refractivity contribution is 6.09. The lowest BCUT2D eigenvalue weighted by atomic mass is 9.84. The second-order valence-electron chi connectivity index (χ2n) is 7.74. The van der Waals surface area contributed by atoms with Crippen molar-refractivity contribution in [2.75, 3.05) is 12.8 Å². The number of carboxylic acid groups (broad SMARTS) is 1. The largest absolute Gasteiger partial charge is 0.480 e. The molecular weight excluding hydrogens is 372 g/mol. The summed E-state index contributed by atoms with van der Waals surface area (Å²) in [5.41, 5.74) is 6.13. The number of carboxylic acids is 1. The molecule has 0 unspecified atom stereocenters. The quantitative estimate of drug-likeness (QED) is 0.594. The van der Waals surface area contributed by atoms with Crippen LogP contribution in [0.2, 0.25) is 0 Å². The first-order chi connectivity index (χ1) is 13.8. The third-order valence-corrected chi connectivity index (χ3v) is 5.95. The molecule has 2 aliphatic rings. The standard InChI is InChI=1S/C21H26N4O4/c1-13(15-6-4-3-5-7-15)24(2)21(29)25-18(20(27)28)16(19(25)26)9-8-14-10-11-23-17(22)12-14/h10-13,15-16,18H,3-7H2,1-2H3,(H2,22,23)(H,27,28)/t13-,16-,18+/m1/s1. The van der Waals surface area contributed by atoms with E-state index in [0.29, 0.717) is 11.5 Å². The number of β-lactam (4-membered cyclic amide) rings is 1. The fourth-order valence-corrected chi connectivity index (χ4v) is 4.06. The zero-order valence-corrected chi connectivity index (χ0v) is 16.7. The number of hydrogen-bond donors (Lipinski definition) is 2. The van der Waals surface area contributed by atoms with E-state index in [2.05, 4.69) is 16.8 Å². The smallest absolute Gasteiger partial charge is 0.328 e. The summed E-state index contributed by atoms with van der Waals surface area (Å²) in [5, 5.41) is 9.59. The fraction of sp³-hybridized carbons (Fsp3) is 0.524. The summed E-state index contributed by atoms with van der Waals surface area (Å²) in [5.74, 6) is 3.19. The number of aromatic nitrogens is 1. The van der Waals surface area contributed by atoms with E-state index in [1.165, 1.54) is 23.6 Å². The molecule has 0 aromatic carbocycles. The molecule has 1 aromatic rings. The lowest BCUT2D eigenvalue weighted by Gasteiger charge is -2.44. The summed E-state index contributed by atoms with van der Waals surface area (Å²) in [6, 6.07) is 1.23. The molecule has 3 atom stereocenters. The van der Waals surface area contributed by atoms with Crippen molar-refractivity contribution in [1.29, 1.82) is 0 Å². The van der Waals surface area contributed by atoms with Crippen LogP contribution in [0.1, 0.15) is 44.6 Å². The van der Waals surface area contributed by atoms with Gasteiger partial charge in [0.1, 0.15) is 11.7 Å². The van der Waals surface area contributed by atoms with Crippen LogP contribution in [-0.4, -0.2) is 56.9 Å². The Morgan fingerprint density at radius 1 is 1.34 bits per heavy atom. The van der Waals surface area contributed by atoms with Gasteiger partial charge in [0.25, 0.3) is 0 Å². The maximum atomic E-state index is 12.9. The molecule has 1 aliphatic carbocycles. The number of hydrogen-bond acceptors (Lipinski definition) is 5. The molecular formula is C21H26N4O4. The monoisotopic (exact) mass is 398 g/mol. The number of urea groups is 1. The lowest BCUT2D eigenvalue weighted by molar-refractivity contribution is -0.163. The Morgan fingerprint density at radius 2 is 2.03 bits per heavy atom. The normalized spacial score (nSPS) is 22.8. The molecule has 154 valence electrons. The molecule has 3 N–H and O–H groups in total. The summed E-state index contributed by atoms with van der Waals surface area (Å²) in [4.78, 5) is 43.4. The Hall–Kier alpha value is -3.08. The number of carbonyl (C=O) groups is 3. The molecule has 2 fully saturated rings. The maximum absolute atomic E-state index is 12.9. The van der Waals surface area contributed by atoms with Gasteiger partial charge in [-0.25, -0.2) is 19.5 Å². The van der Waals surface area contributed by atoms with Crippen molar-refractivity contribution in [3.05, 3.63) is 23.9 Å². The zero-order valence-electron chi connectivity index (χ0n) is 16.7. The SMILES string of the molecule is C[C@H](C1CCCCC1)N(C)C(=O)N1C(=O)[C@H](C#Cc2ccnc(N)c2)[C@H]1C(=O)O. The Balaban J connectivity index is 1.73. The number of anilines is 1. The van der Waals surface area contributed by atoms with E-state index < -0.39 is 29.9 Å². The van der Waals surface area contributed by atoms with Crippen molar-refractivity contribution in [3.63, 3.8) is 0 Å². The molecule has 1 aromatic heterocycles. The summed E-state index contributed by atoms with van der Waals surface area (Å²) in [6.45, 7) is 1.96. The van der Waals surface area contributed by atoms with Gasteiger partial charge < -0.3 is 15.7 Å². The molecule has 1 saturated carbocycles. The highest BCUT2D eigenvalue weighted by atomic mass is 16.4. The van der Waals surface area contributed by atoms with Crippen LogP contribution in [0.4, 0.5) is 10.6 Å². The van der Waals surface area contributed by atoms with Gasteiger partial charge >= 0.3 is 12.0 Å². The number of carbonyl (C=O) groups excluding carboxylic acids is 2. The van der Waals surface area contributed by atoms with Crippen molar-refractivity contribution >= 4 is 23.7 Å². The Labute approximate surface area is 170 Å². The number of nitrogens with two attached hydrogens (primary N) is 1. The topological polar surface area (TPSA) is 117 Å². The van der Waals surface area contributed by atoms with Gasteiger partial charge in [-0.3, -0.25) is 4.79 Å². The van der Waals surface area contributed by atoms with Gasteiger partial charge in [-0.05, 0) is 37.8 Å². The van der Waals surface area contributed by atoms with E-state index in [9.17, 15) is 19.5 Å². The third-order valence-electron chi connectivity index (χ3n) is 5.95. The second kappa shape index (κ2) is 8.52. The van der Waals surface area contributed by atoms with Crippen LogP contribution < -0.4 is 5.73 Å². The first-order valence-corrected chi connectivity index (χ1v) is 9.87. The summed E-state index contributed by atoms with van der Waals surface area (Å²) < 4.78 is 0. The molecule has 0 radical (unpaired) electrons. The van der Waals surface area contributed by atoms with Crippen LogP contribution >= 0.6 is 0 Å². The first-order valence-electron chi connectivity index (χ1n) is 9.87. The number of likely N-dealkylation sites (tertiary alicyclic amines) is 1. The summed E-state index contributed by atoms with van der Waals surface area (Å²) >= 11 is 0. The highest BCUT2D eigenvalue weighted by Gasteiger charge is 2.55. The van der Waals surface area contributed by atoms with E-state index in [4.69, 9.17) is 5.73 Å². The van der Waals surface area contributed by atoms with Crippen molar-refractivity contribution in [1.82, 2.24) is 14.8 Å². The van der Waals surface area contributed by atoms with E-state index in [0.717, 1.165) is 30.6 Å². The van der Waals surface area contributed by atoms with Crippen LogP contribution in [-0.2, 0) is 9.59 Å². The molecule has 1 saturated heterocycles. The van der Waals surface area contributed by atoms with Crippen LogP contribution in [0.15, 0.2) is 18.3 Å². The van der Waals surface area contributed by atoms with Gasteiger partial charge in [-0.1, -0.05) is 31.1 Å². The van der Waals surface area contributed by atoms with Crippen molar-refractivity contribution < 1.29 is 19.5 Å². The summed E-state index contributed by atoms with van der Waals surface area (Å²) in [6.07, 6.45) is 7.03. The molecule has 29 heavy (non-hydrogen) atoms. The van der Waals surface area contributed by atoms with E-state index in [1.54, 1.807) is 13.1 Å². The fourth-order valence-electron chi connectivity index (χ4n) is 4.06. The molecule has 8 heteroatoms. The number of nitrogen functional groups attached to an aromatic ring is 1. The highest BCUT2D eigenvalue weighted by Crippen LogP contribution is 2.32. The van der Waals surface area contributed by atoms with Gasteiger partial charge in [0, 0.05) is 24.8 Å². The van der Waals surface area contributed by atoms with Gasteiger partial charge in [0.15, 0.2) is 6.04 Å². The van der Waals surface area contributed by atoms with Gasteiger partial charge in [-0.15, -0.1) is 0 Å². The Bertz CT molecular complexity index is 869. The predicted octanol–water partition coefficient (Wildman–Crippen LogP) is 1.95. The Kier molecular flexibility index (Phi) is 6.06. The molecule has 2 heterocycles. The second-order valence-corrected chi connectivity index (χ2v) is 7.74. The average Bonchev–Trinajstić information content (AvgIpc) is 2.71. The lowest BCUT2D eigenvalue weighted by Crippen LogP contribution is -2.68.